The molecule has 0 radical (unpaired) electrons. The summed E-state index contributed by atoms with van der Waals surface area (Å²) in [6, 6.07) is 8.73. The third-order valence-corrected chi connectivity index (χ3v) is 8.35. The molecular formula is C25H38N4O4S. The minimum Gasteiger partial charge on any atom is -0.490 e. The zero-order valence-electron chi connectivity index (χ0n) is 21.0. The minimum absolute atomic E-state index is 0.0541. The maximum Gasteiger partial charge on any atom is 0.270 e. The third kappa shape index (κ3) is 5.26. The number of hydrogen-bond acceptors (Lipinski definition) is 5. The van der Waals surface area contributed by atoms with Crippen LogP contribution in [0.15, 0.2) is 24.3 Å². The first kappa shape index (κ1) is 25.0. The van der Waals surface area contributed by atoms with Crippen LogP contribution in [0.5, 0.6) is 5.75 Å². The zero-order valence-corrected chi connectivity index (χ0v) is 21.8. The van der Waals surface area contributed by atoms with Crippen molar-refractivity contribution in [3.05, 3.63) is 30.0 Å². The van der Waals surface area contributed by atoms with Crippen molar-refractivity contribution in [3.63, 3.8) is 0 Å². The Kier molecular flexibility index (Phi) is 7.26. The Bertz CT molecular complexity index is 1130. The Morgan fingerprint density at radius 1 is 0.941 bits per heavy atom. The second-order valence-electron chi connectivity index (χ2n) is 10.1. The standard InChI is InChI=1S/C25H38N4O4S/c1-18(2)26-10-8-21(9-11-26)33-22-6-7-23-20(16-22)17-24(29(23)19(3)4)25(30)27-12-14-28(15-13-27)34(5,31)32/h6-7,16-19,21H,8-15H2,1-5H3. The average Bonchev–Trinajstić information content (AvgIpc) is 3.17. The van der Waals surface area contributed by atoms with Gasteiger partial charge >= 0.3 is 0 Å². The van der Waals surface area contributed by atoms with Gasteiger partial charge in [0.15, 0.2) is 0 Å². The summed E-state index contributed by atoms with van der Waals surface area (Å²) in [5.74, 6) is 0.791. The van der Waals surface area contributed by atoms with Crippen molar-refractivity contribution in [1.29, 1.82) is 0 Å². The summed E-state index contributed by atoms with van der Waals surface area (Å²) in [5, 5.41) is 0.990. The van der Waals surface area contributed by atoms with Crippen LogP contribution in [0.4, 0.5) is 0 Å². The second kappa shape index (κ2) is 9.87. The van der Waals surface area contributed by atoms with Gasteiger partial charge in [0.2, 0.25) is 10.0 Å². The average molecular weight is 491 g/mol. The molecule has 2 aromatic rings. The SMILES string of the molecule is CC(C)N1CCC(Oc2ccc3c(c2)cc(C(=O)N2CCN(S(C)(=O)=O)CC2)n3C(C)C)CC1. The van der Waals surface area contributed by atoms with E-state index in [0.29, 0.717) is 37.9 Å². The lowest BCUT2D eigenvalue weighted by Gasteiger charge is -2.34. The molecule has 9 heteroatoms. The molecule has 0 bridgehead atoms. The van der Waals surface area contributed by atoms with Gasteiger partial charge in [0, 0.05) is 62.3 Å². The molecule has 3 heterocycles. The molecule has 0 saturated carbocycles. The second-order valence-corrected chi connectivity index (χ2v) is 12.1. The molecule has 1 aromatic heterocycles. The highest BCUT2D eigenvalue weighted by Gasteiger charge is 2.29. The molecule has 0 atom stereocenters. The molecule has 188 valence electrons. The van der Waals surface area contributed by atoms with E-state index in [1.165, 1.54) is 10.6 Å². The van der Waals surface area contributed by atoms with Crippen LogP contribution in [0.3, 0.4) is 0 Å². The number of carbonyl (C=O) groups is 1. The lowest BCUT2D eigenvalue weighted by molar-refractivity contribution is 0.0686. The summed E-state index contributed by atoms with van der Waals surface area (Å²) in [5.41, 5.74) is 1.65. The van der Waals surface area contributed by atoms with Crippen molar-refractivity contribution in [3.8, 4) is 5.75 Å². The summed E-state index contributed by atoms with van der Waals surface area (Å²) in [4.78, 5) is 17.7. The number of hydrogen-bond donors (Lipinski definition) is 0. The van der Waals surface area contributed by atoms with Crippen molar-refractivity contribution < 1.29 is 17.9 Å². The Hall–Kier alpha value is -2.10. The van der Waals surface area contributed by atoms with Crippen molar-refractivity contribution in [2.45, 2.75) is 58.7 Å². The third-order valence-electron chi connectivity index (χ3n) is 7.05. The topological polar surface area (TPSA) is 75.1 Å². The van der Waals surface area contributed by atoms with Crippen LogP contribution in [-0.2, 0) is 10.0 Å². The summed E-state index contributed by atoms with van der Waals surface area (Å²) < 4.78 is 33.5. The number of likely N-dealkylation sites (tertiary alicyclic amines) is 1. The molecule has 2 saturated heterocycles. The van der Waals surface area contributed by atoms with Gasteiger partial charge in [0.1, 0.15) is 17.5 Å². The van der Waals surface area contributed by atoms with E-state index in [1.54, 1.807) is 4.90 Å². The summed E-state index contributed by atoms with van der Waals surface area (Å²) >= 11 is 0. The van der Waals surface area contributed by atoms with E-state index in [2.05, 4.69) is 37.2 Å². The summed E-state index contributed by atoms with van der Waals surface area (Å²) in [6.45, 7) is 12.2. The van der Waals surface area contributed by atoms with Gasteiger partial charge in [0.05, 0.1) is 6.26 Å². The van der Waals surface area contributed by atoms with Crippen molar-refractivity contribution in [2.24, 2.45) is 0 Å². The fraction of sp³-hybridized carbons (Fsp3) is 0.640. The van der Waals surface area contributed by atoms with Gasteiger partial charge in [-0.15, -0.1) is 0 Å². The van der Waals surface area contributed by atoms with E-state index in [9.17, 15) is 13.2 Å². The molecule has 4 rings (SSSR count). The molecule has 0 spiro atoms. The Morgan fingerprint density at radius 2 is 1.59 bits per heavy atom. The highest BCUT2D eigenvalue weighted by molar-refractivity contribution is 7.88. The van der Waals surface area contributed by atoms with Gasteiger partial charge < -0.3 is 19.1 Å². The Morgan fingerprint density at radius 3 is 2.15 bits per heavy atom. The highest BCUT2D eigenvalue weighted by Crippen LogP contribution is 2.30. The van der Waals surface area contributed by atoms with Gasteiger partial charge in [-0.05, 0) is 64.8 Å². The Balaban J connectivity index is 1.52. The van der Waals surface area contributed by atoms with Gasteiger partial charge in [-0.2, -0.15) is 4.31 Å². The van der Waals surface area contributed by atoms with Crippen LogP contribution in [0.1, 0.15) is 57.1 Å². The van der Waals surface area contributed by atoms with Crippen LogP contribution >= 0.6 is 0 Å². The number of piperazine rings is 1. The molecule has 34 heavy (non-hydrogen) atoms. The number of ether oxygens (including phenoxy) is 1. The van der Waals surface area contributed by atoms with Crippen LogP contribution in [-0.4, -0.2) is 90.7 Å². The van der Waals surface area contributed by atoms with Gasteiger partial charge in [0.25, 0.3) is 5.91 Å². The van der Waals surface area contributed by atoms with E-state index in [1.807, 2.05) is 24.3 Å². The first-order valence-corrected chi connectivity index (χ1v) is 14.2. The first-order valence-electron chi connectivity index (χ1n) is 12.3. The molecule has 0 N–H and O–H groups in total. The molecule has 2 fully saturated rings. The molecule has 0 aliphatic carbocycles. The van der Waals surface area contributed by atoms with Crippen LogP contribution in [0, 0.1) is 0 Å². The number of fused-ring (bicyclic) bond motifs is 1. The lowest BCUT2D eigenvalue weighted by Crippen LogP contribution is -2.50. The predicted octanol–water partition coefficient (Wildman–Crippen LogP) is 3.19. The van der Waals surface area contributed by atoms with E-state index >= 15 is 0 Å². The number of carbonyl (C=O) groups excluding carboxylic acids is 1. The number of piperidine rings is 1. The number of nitrogens with zero attached hydrogens (tertiary/aromatic N) is 4. The molecular weight excluding hydrogens is 452 g/mol. The van der Waals surface area contributed by atoms with Crippen molar-refractivity contribution in [2.75, 3.05) is 45.5 Å². The minimum atomic E-state index is -3.23. The van der Waals surface area contributed by atoms with Gasteiger partial charge in [-0.1, -0.05) is 0 Å². The summed E-state index contributed by atoms with van der Waals surface area (Å²) in [7, 11) is -3.23. The number of amides is 1. The first-order chi connectivity index (χ1) is 16.0. The quantitative estimate of drug-likeness (QED) is 0.622. The van der Waals surface area contributed by atoms with Crippen molar-refractivity contribution in [1.82, 2.24) is 18.7 Å². The largest absolute Gasteiger partial charge is 0.490 e. The van der Waals surface area contributed by atoms with E-state index in [0.717, 1.165) is 42.6 Å². The smallest absolute Gasteiger partial charge is 0.270 e. The monoisotopic (exact) mass is 490 g/mol. The fourth-order valence-electron chi connectivity index (χ4n) is 5.10. The molecule has 2 aliphatic rings. The number of benzene rings is 1. The Labute approximate surface area is 203 Å². The molecule has 0 unspecified atom stereocenters. The zero-order chi connectivity index (χ0) is 24.6. The van der Waals surface area contributed by atoms with Crippen LogP contribution < -0.4 is 4.74 Å². The summed E-state index contributed by atoms with van der Waals surface area (Å²) in [6.07, 6.45) is 3.47. The number of sulfonamides is 1. The highest BCUT2D eigenvalue weighted by atomic mass is 32.2. The van der Waals surface area contributed by atoms with E-state index < -0.39 is 10.0 Å². The lowest BCUT2D eigenvalue weighted by atomic mass is 10.1. The molecule has 1 amide bonds. The predicted molar refractivity (Wildman–Crippen MR) is 135 cm³/mol. The van der Waals surface area contributed by atoms with Gasteiger partial charge in [-0.25, -0.2) is 8.42 Å². The van der Waals surface area contributed by atoms with Gasteiger partial charge in [-0.3, -0.25) is 4.79 Å². The van der Waals surface area contributed by atoms with Crippen LogP contribution in [0.2, 0.25) is 0 Å². The van der Waals surface area contributed by atoms with E-state index in [4.69, 9.17) is 4.74 Å². The maximum absolute atomic E-state index is 13.4. The molecule has 2 aliphatic heterocycles. The van der Waals surface area contributed by atoms with Crippen molar-refractivity contribution >= 4 is 26.8 Å². The molecule has 8 nitrogen and oxygen atoms in total. The van der Waals surface area contributed by atoms with E-state index in [-0.39, 0.29) is 18.1 Å². The molecule has 1 aromatic carbocycles. The number of aromatic nitrogens is 1. The maximum atomic E-state index is 13.4. The number of rotatable bonds is 6. The van der Waals surface area contributed by atoms with Crippen LogP contribution in [0.25, 0.3) is 10.9 Å². The normalized spacial score (nSPS) is 19.4. The fourth-order valence-corrected chi connectivity index (χ4v) is 5.92.